The summed E-state index contributed by atoms with van der Waals surface area (Å²) in [5.74, 6) is -0.706. The number of nitrogens with zero attached hydrogens (tertiary/aromatic N) is 1. The predicted molar refractivity (Wildman–Crippen MR) is 112 cm³/mol. The molecule has 0 atom stereocenters. The molecule has 0 spiro atoms. The van der Waals surface area contributed by atoms with Crippen LogP contribution in [0.5, 0.6) is 11.5 Å². The number of benzene rings is 2. The van der Waals surface area contributed by atoms with Gasteiger partial charge in [0, 0.05) is 10.0 Å². The molecule has 1 aliphatic rings. The second-order valence-corrected chi connectivity index (χ2v) is 7.37. The highest BCUT2D eigenvalue weighted by Crippen LogP contribution is 2.36. The minimum Gasteiger partial charge on any atom is -0.493 e. The van der Waals surface area contributed by atoms with Crippen LogP contribution in [0.2, 0.25) is 0 Å². The fourth-order valence-corrected chi connectivity index (χ4v) is 3.43. The third kappa shape index (κ3) is 3.88. The number of carbonyl (C=O) groups excluding carboxylic acids is 3. The van der Waals surface area contributed by atoms with Crippen molar-refractivity contribution in [1.29, 1.82) is 0 Å². The lowest BCUT2D eigenvalue weighted by molar-refractivity contribution is -0.122. The number of halogens is 1. The summed E-state index contributed by atoms with van der Waals surface area (Å²) < 4.78 is 11.4. The fraction of sp³-hybridized carbons (Fsp3) is 0.190. The van der Waals surface area contributed by atoms with Crippen LogP contribution in [0.4, 0.5) is 10.5 Å². The van der Waals surface area contributed by atoms with Crippen LogP contribution in [0, 0.1) is 13.8 Å². The lowest BCUT2D eigenvalue weighted by atomic mass is 10.0. The van der Waals surface area contributed by atoms with E-state index < -0.39 is 17.8 Å². The number of hydrogen-bond donors (Lipinski definition) is 1. The van der Waals surface area contributed by atoms with Crippen molar-refractivity contribution in [1.82, 2.24) is 5.32 Å². The molecule has 0 radical (unpaired) electrons. The summed E-state index contributed by atoms with van der Waals surface area (Å²) in [7, 11) is 2.95. The number of hydrogen-bond acceptors (Lipinski definition) is 5. The molecule has 1 fully saturated rings. The maximum Gasteiger partial charge on any atom is 0.335 e. The van der Waals surface area contributed by atoms with Crippen molar-refractivity contribution in [3.8, 4) is 11.5 Å². The highest BCUT2D eigenvalue weighted by molar-refractivity contribution is 9.10. The average Bonchev–Trinajstić information content (AvgIpc) is 2.67. The average molecular weight is 459 g/mol. The first-order valence-corrected chi connectivity index (χ1v) is 9.46. The van der Waals surface area contributed by atoms with Crippen LogP contribution in [0.15, 0.2) is 40.4 Å². The molecule has 4 amide bonds. The smallest absolute Gasteiger partial charge is 0.335 e. The van der Waals surface area contributed by atoms with Crippen LogP contribution < -0.4 is 19.7 Å². The Hall–Kier alpha value is -3.13. The Morgan fingerprint density at radius 1 is 1.00 bits per heavy atom. The normalized spacial score (nSPS) is 15.6. The van der Waals surface area contributed by atoms with E-state index in [1.165, 1.54) is 20.3 Å². The number of amides is 4. The number of nitrogens with one attached hydrogen (secondary N) is 1. The van der Waals surface area contributed by atoms with Crippen molar-refractivity contribution in [2.75, 3.05) is 19.1 Å². The summed E-state index contributed by atoms with van der Waals surface area (Å²) in [6, 6.07) is 7.80. The van der Waals surface area contributed by atoms with E-state index in [9.17, 15) is 14.4 Å². The summed E-state index contributed by atoms with van der Waals surface area (Å²) in [6.45, 7) is 3.81. The zero-order valence-electron chi connectivity index (χ0n) is 16.3. The maximum absolute atomic E-state index is 13.1. The summed E-state index contributed by atoms with van der Waals surface area (Å²) in [6.07, 6.45) is 1.38. The van der Waals surface area contributed by atoms with Gasteiger partial charge in [0.05, 0.1) is 19.9 Å². The first kappa shape index (κ1) is 20.6. The zero-order chi connectivity index (χ0) is 21.3. The standard InChI is InChI=1S/C21H19BrN2O5/c1-11-5-6-15(7-12(11)2)24-20(26)16(19(25)23-21(24)27)9-13-8-14(22)10-17(28-3)18(13)29-4/h5-10H,1-4H3,(H,23,25,27). The van der Waals surface area contributed by atoms with E-state index in [4.69, 9.17) is 9.47 Å². The van der Waals surface area contributed by atoms with E-state index in [1.54, 1.807) is 24.3 Å². The number of ether oxygens (including phenoxy) is 2. The van der Waals surface area contributed by atoms with Gasteiger partial charge in [-0.3, -0.25) is 14.9 Å². The Labute approximate surface area is 176 Å². The van der Waals surface area contributed by atoms with E-state index in [0.717, 1.165) is 16.0 Å². The number of methoxy groups -OCH3 is 2. The minimum atomic E-state index is -0.792. The summed E-state index contributed by atoms with van der Waals surface area (Å²) in [4.78, 5) is 38.8. The van der Waals surface area contributed by atoms with E-state index in [1.807, 2.05) is 19.9 Å². The van der Waals surface area contributed by atoms with Crippen molar-refractivity contribution in [2.45, 2.75) is 13.8 Å². The topological polar surface area (TPSA) is 84.9 Å². The molecule has 1 heterocycles. The molecule has 3 rings (SSSR count). The van der Waals surface area contributed by atoms with Crippen LogP contribution in [0.1, 0.15) is 16.7 Å². The quantitative estimate of drug-likeness (QED) is 0.556. The van der Waals surface area contributed by atoms with Crippen LogP contribution in [-0.4, -0.2) is 32.1 Å². The number of rotatable bonds is 4. The van der Waals surface area contributed by atoms with E-state index in [0.29, 0.717) is 27.2 Å². The molecule has 1 saturated heterocycles. The first-order valence-electron chi connectivity index (χ1n) is 8.67. The molecule has 0 bridgehead atoms. The zero-order valence-corrected chi connectivity index (χ0v) is 17.9. The molecule has 0 aliphatic carbocycles. The van der Waals surface area contributed by atoms with Gasteiger partial charge in [-0.2, -0.15) is 0 Å². The summed E-state index contributed by atoms with van der Waals surface area (Å²) in [5.41, 5.74) is 2.58. The van der Waals surface area contributed by atoms with Crippen LogP contribution in [0.25, 0.3) is 6.08 Å². The molecule has 1 N–H and O–H groups in total. The van der Waals surface area contributed by atoms with Gasteiger partial charge in [0.2, 0.25) is 0 Å². The van der Waals surface area contributed by atoms with Gasteiger partial charge >= 0.3 is 6.03 Å². The summed E-state index contributed by atoms with van der Waals surface area (Å²) >= 11 is 3.37. The predicted octanol–water partition coefficient (Wildman–Crippen LogP) is 3.75. The Kier molecular flexibility index (Phi) is 5.74. The number of imide groups is 2. The largest absolute Gasteiger partial charge is 0.493 e. The molecule has 2 aromatic carbocycles. The molecule has 0 saturated carbocycles. The maximum atomic E-state index is 13.1. The molecule has 29 heavy (non-hydrogen) atoms. The van der Waals surface area contributed by atoms with Gasteiger partial charge in [0.15, 0.2) is 11.5 Å². The Bertz CT molecular complexity index is 1060. The number of anilines is 1. The Balaban J connectivity index is 2.11. The molecule has 0 unspecified atom stereocenters. The van der Waals surface area contributed by atoms with E-state index in [2.05, 4.69) is 21.2 Å². The lowest BCUT2D eigenvalue weighted by Gasteiger charge is -2.27. The molecular weight excluding hydrogens is 440 g/mol. The van der Waals surface area contributed by atoms with Gasteiger partial charge in [-0.05, 0) is 55.3 Å². The lowest BCUT2D eigenvalue weighted by Crippen LogP contribution is -2.54. The first-order chi connectivity index (χ1) is 13.8. The van der Waals surface area contributed by atoms with Crippen molar-refractivity contribution >= 4 is 45.5 Å². The second kappa shape index (κ2) is 8.08. The van der Waals surface area contributed by atoms with E-state index in [-0.39, 0.29) is 5.57 Å². The fourth-order valence-electron chi connectivity index (χ4n) is 2.98. The monoisotopic (exact) mass is 458 g/mol. The van der Waals surface area contributed by atoms with Gasteiger partial charge < -0.3 is 9.47 Å². The van der Waals surface area contributed by atoms with Crippen molar-refractivity contribution in [2.24, 2.45) is 0 Å². The number of urea groups is 1. The highest BCUT2D eigenvalue weighted by atomic mass is 79.9. The molecule has 7 nitrogen and oxygen atoms in total. The molecule has 0 aromatic heterocycles. The van der Waals surface area contributed by atoms with Crippen molar-refractivity contribution in [3.05, 3.63) is 57.1 Å². The molecule has 1 aliphatic heterocycles. The summed E-state index contributed by atoms with van der Waals surface area (Å²) in [5, 5.41) is 2.22. The van der Waals surface area contributed by atoms with Crippen molar-refractivity contribution < 1.29 is 23.9 Å². The Morgan fingerprint density at radius 2 is 1.72 bits per heavy atom. The number of aryl methyl sites for hydroxylation is 2. The van der Waals surface area contributed by atoms with Gasteiger partial charge in [0.1, 0.15) is 5.57 Å². The van der Waals surface area contributed by atoms with Crippen LogP contribution in [-0.2, 0) is 9.59 Å². The van der Waals surface area contributed by atoms with Crippen LogP contribution in [0.3, 0.4) is 0 Å². The molecule has 150 valence electrons. The van der Waals surface area contributed by atoms with E-state index >= 15 is 0 Å². The number of barbiturate groups is 1. The van der Waals surface area contributed by atoms with Gasteiger partial charge in [-0.25, -0.2) is 9.69 Å². The van der Waals surface area contributed by atoms with Gasteiger partial charge in [-0.15, -0.1) is 0 Å². The van der Waals surface area contributed by atoms with Crippen LogP contribution >= 0.6 is 15.9 Å². The highest BCUT2D eigenvalue weighted by Gasteiger charge is 2.37. The minimum absolute atomic E-state index is 0.193. The Morgan fingerprint density at radius 3 is 2.34 bits per heavy atom. The molecular formula is C21H19BrN2O5. The molecule has 2 aromatic rings. The molecule has 8 heteroatoms. The SMILES string of the molecule is COc1cc(Br)cc(C=C2C(=O)NC(=O)N(c3ccc(C)c(C)c3)C2=O)c1OC. The number of carbonyl (C=O) groups is 3. The third-order valence-electron chi connectivity index (χ3n) is 4.62. The second-order valence-electron chi connectivity index (χ2n) is 6.46. The van der Waals surface area contributed by atoms with Gasteiger partial charge in [-0.1, -0.05) is 22.0 Å². The van der Waals surface area contributed by atoms with Gasteiger partial charge in [0.25, 0.3) is 11.8 Å². The third-order valence-corrected chi connectivity index (χ3v) is 5.08. The van der Waals surface area contributed by atoms with Crippen molar-refractivity contribution in [3.63, 3.8) is 0 Å².